The minimum atomic E-state index is -4.38. The van der Waals surface area contributed by atoms with Gasteiger partial charge in [0.2, 0.25) is 0 Å². The van der Waals surface area contributed by atoms with Gasteiger partial charge in [-0.1, -0.05) is 11.6 Å². The van der Waals surface area contributed by atoms with Gasteiger partial charge in [0.1, 0.15) is 5.82 Å². The highest BCUT2D eigenvalue weighted by Gasteiger charge is 2.29. The summed E-state index contributed by atoms with van der Waals surface area (Å²) in [6.07, 6.45) is -4.38. The molecule has 0 saturated heterocycles. The van der Waals surface area contributed by atoms with E-state index < -0.39 is 17.6 Å². The first kappa shape index (κ1) is 15.3. The van der Waals surface area contributed by atoms with Crippen LogP contribution in [0.5, 0.6) is 0 Å². The molecule has 0 atom stereocenters. The Bertz CT molecular complexity index is 634. The van der Waals surface area contributed by atoms with E-state index in [-0.39, 0.29) is 5.17 Å². The summed E-state index contributed by atoms with van der Waals surface area (Å²) in [6.45, 7) is 0. The highest BCUT2D eigenvalue weighted by molar-refractivity contribution is 6.69. The molecule has 0 unspecified atom stereocenters. The summed E-state index contributed by atoms with van der Waals surface area (Å²) in [5, 5.41) is 3.88. The second-order valence-corrected chi connectivity index (χ2v) is 4.45. The first-order chi connectivity index (χ1) is 9.86. The first-order valence-electron chi connectivity index (χ1n) is 5.78. The molecule has 1 N–H and O–H groups in total. The molecule has 0 aliphatic rings. The summed E-state index contributed by atoms with van der Waals surface area (Å²) in [4.78, 5) is 0. The van der Waals surface area contributed by atoms with Gasteiger partial charge in [-0.25, -0.2) is 4.39 Å². The van der Waals surface area contributed by atoms with Gasteiger partial charge in [0.15, 0.2) is 5.17 Å². The highest BCUT2D eigenvalue weighted by atomic mass is 35.5. The van der Waals surface area contributed by atoms with Crippen molar-refractivity contribution in [1.82, 2.24) is 0 Å². The fourth-order valence-corrected chi connectivity index (χ4v) is 1.67. The molecule has 0 saturated carbocycles. The van der Waals surface area contributed by atoms with Crippen LogP contribution in [0, 0.1) is 5.82 Å². The minimum Gasteiger partial charge on any atom is -0.277 e. The third kappa shape index (κ3) is 4.19. The molecular formula is C14H9ClF4N2. The lowest BCUT2D eigenvalue weighted by molar-refractivity contribution is -0.137. The maximum atomic E-state index is 12.7. The molecule has 0 aliphatic carbocycles. The van der Waals surface area contributed by atoms with Crippen molar-refractivity contribution in [2.45, 2.75) is 6.18 Å². The molecule has 2 nitrogen and oxygen atoms in total. The van der Waals surface area contributed by atoms with E-state index in [0.29, 0.717) is 11.3 Å². The van der Waals surface area contributed by atoms with E-state index in [4.69, 9.17) is 11.6 Å². The summed E-state index contributed by atoms with van der Waals surface area (Å²) >= 11 is 5.90. The van der Waals surface area contributed by atoms with Gasteiger partial charge in [-0.05, 0) is 48.5 Å². The Morgan fingerprint density at radius 1 is 0.952 bits per heavy atom. The second-order valence-electron chi connectivity index (χ2n) is 4.10. The Hall–Kier alpha value is -2.08. The van der Waals surface area contributed by atoms with Crippen LogP contribution in [0.4, 0.5) is 23.2 Å². The number of benzene rings is 2. The number of hydrogen-bond donors (Lipinski definition) is 1. The summed E-state index contributed by atoms with van der Waals surface area (Å²) in [7, 11) is 0. The molecule has 0 fully saturated rings. The smallest absolute Gasteiger partial charge is 0.277 e. The van der Waals surface area contributed by atoms with Crippen molar-refractivity contribution in [3.05, 3.63) is 65.5 Å². The van der Waals surface area contributed by atoms with Crippen LogP contribution in [0.1, 0.15) is 11.1 Å². The van der Waals surface area contributed by atoms with E-state index in [1.165, 1.54) is 36.4 Å². The van der Waals surface area contributed by atoms with Gasteiger partial charge in [-0.3, -0.25) is 5.43 Å². The Kier molecular flexibility index (Phi) is 4.47. The molecule has 7 heteroatoms. The van der Waals surface area contributed by atoms with E-state index in [2.05, 4.69) is 10.5 Å². The molecule has 2 rings (SSSR count). The standard InChI is InChI=1S/C14H9ClF4N2/c15-13(9-1-5-11(16)6-2-9)21-20-12-7-3-10(4-8-12)14(17,18)19/h1-8,20H. The van der Waals surface area contributed by atoms with E-state index in [9.17, 15) is 17.6 Å². The van der Waals surface area contributed by atoms with Crippen molar-refractivity contribution < 1.29 is 17.6 Å². The van der Waals surface area contributed by atoms with Crippen LogP contribution >= 0.6 is 11.6 Å². The van der Waals surface area contributed by atoms with Crippen LogP contribution in [-0.4, -0.2) is 5.17 Å². The van der Waals surface area contributed by atoms with E-state index >= 15 is 0 Å². The topological polar surface area (TPSA) is 24.4 Å². The largest absolute Gasteiger partial charge is 0.416 e. The summed E-state index contributed by atoms with van der Waals surface area (Å²) in [5.41, 5.74) is 2.62. The first-order valence-corrected chi connectivity index (χ1v) is 6.16. The van der Waals surface area contributed by atoms with Crippen molar-refractivity contribution in [3.8, 4) is 0 Å². The number of hydrazone groups is 1. The molecule has 0 aliphatic heterocycles. The fraction of sp³-hybridized carbons (Fsp3) is 0.0714. The molecule has 0 heterocycles. The number of rotatable bonds is 3. The number of halogens is 5. The molecular weight excluding hydrogens is 308 g/mol. The number of nitrogens with one attached hydrogen (secondary N) is 1. The lowest BCUT2D eigenvalue weighted by Gasteiger charge is -2.07. The summed E-state index contributed by atoms with van der Waals surface area (Å²) < 4.78 is 49.9. The van der Waals surface area contributed by atoms with Gasteiger partial charge in [0.05, 0.1) is 11.3 Å². The molecule has 0 amide bonds. The van der Waals surface area contributed by atoms with Crippen molar-refractivity contribution in [2.75, 3.05) is 5.43 Å². The zero-order valence-electron chi connectivity index (χ0n) is 10.5. The Morgan fingerprint density at radius 3 is 2.05 bits per heavy atom. The van der Waals surface area contributed by atoms with Gasteiger partial charge in [0, 0.05) is 5.56 Å². The van der Waals surface area contributed by atoms with Crippen LogP contribution in [0.25, 0.3) is 0 Å². The molecule has 2 aromatic carbocycles. The summed E-state index contributed by atoms with van der Waals surface area (Å²) in [6, 6.07) is 9.68. The number of hydrogen-bond acceptors (Lipinski definition) is 2. The Labute approximate surface area is 123 Å². The predicted molar refractivity (Wildman–Crippen MR) is 73.9 cm³/mol. The van der Waals surface area contributed by atoms with Crippen LogP contribution < -0.4 is 5.43 Å². The van der Waals surface area contributed by atoms with Gasteiger partial charge >= 0.3 is 6.18 Å². The van der Waals surface area contributed by atoms with Crippen LogP contribution in [-0.2, 0) is 6.18 Å². The van der Waals surface area contributed by atoms with Crippen molar-refractivity contribution in [2.24, 2.45) is 5.10 Å². The SMILES string of the molecule is Fc1ccc(C(Cl)=NNc2ccc(C(F)(F)F)cc2)cc1. The normalized spacial score (nSPS) is 12.3. The number of nitrogens with zero attached hydrogens (tertiary/aromatic N) is 1. The highest BCUT2D eigenvalue weighted by Crippen LogP contribution is 2.29. The average molecular weight is 317 g/mol. The maximum absolute atomic E-state index is 12.7. The lowest BCUT2D eigenvalue weighted by atomic mass is 10.2. The van der Waals surface area contributed by atoms with Crippen LogP contribution in [0.3, 0.4) is 0 Å². The van der Waals surface area contributed by atoms with Gasteiger partial charge in [-0.15, -0.1) is 0 Å². The van der Waals surface area contributed by atoms with Gasteiger partial charge < -0.3 is 0 Å². The van der Waals surface area contributed by atoms with E-state index in [1.54, 1.807) is 0 Å². The molecule has 0 spiro atoms. The third-order valence-corrected chi connectivity index (χ3v) is 2.88. The zero-order chi connectivity index (χ0) is 15.5. The molecule has 0 bridgehead atoms. The quantitative estimate of drug-likeness (QED) is 0.488. The van der Waals surface area contributed by atoms with Crippen LogP contribution in [0.2, 0.25) is 0 Å². The molecule has 0 aromatic heterocycles. The van der Waals surface area contributed by atoms with Gasteiger partial charge in [0.25, 0.3) is 0 Å². The van der Waals surface area contributed by atoms with E-state index in [1.807, 2.05) is 0 Å². The molecule has 110 valence electrons. The number of anilines is 1. The van der Waals surface area contributed by atoms with Crippen molar-refractivity contribution in [1.29, 1.82) is 0 Å². The van der Waals surface area contributed by atoms with Crippen LogP contribution in [0.15, 0.2) is 53.6 Å². The van der Waals surface area contributed by atoms with Gasteiger partial charge in [-0.2, -0.15) is 18.3 Å². The lowest BCUT2D eigenvalue weighted by Crippen LogP contribution is -2.04. The predicted octanol–water partition coefficient (Wildman–Crippen LogP) is 4.86. The Morgan fingerprint density at radius 2 is 1.52 bits per heavy atom. The average Bonchev–Trinajstić information content (AvgIpc) is 2.45. The zero-order valence-corrected chi connectivity index (χ0v) is 11.2. The maximum Gasteiger partial charge on any atom is 0.416 e. The third-order valence-electron chi connectivity index (χ3n) is 2.58. The van der Waals surface area contributed by atoms with E-state index in [0.717, 1.165) is 12.1 Å². The second kappa shape index (κ2) is 6.13. The molecule has 21 heavy (non-hydrogen) atoms. The Balaban J connectivity index is 2.08. The molecule has 2 aromatic rings. The fourth-order valence-electron chi connectivity index (χ4n) is 1.50. The number of alkyl halides is 3. The molecule has 0 radical (unpaired) electrons. The van der Waals surface area contributed by atoms with Crippen molar-refractivity contribution >= 4 is 22.5 Å². The summed E-state index contributed by atoms with van der Waals surface area (Å²) in [5.74, 6) is -0.404. The monoisotopic (exact) mass is 316 g/mol. The minimum absolute atomic E-state index is 0.0647. The van der Waals surface area contributed by atoms with Crippen molar-refractivity contribution in [3.63, 3.8) is 0 Å².